The predicted molar refractivity (Wildman–Crippen MR) is 72.3 cm³/mol. The van der Waals surface area contributed by atoms with Crippen LogP contribution < -0.4 is 10.1 Å². The molecule has 2 rings (SSSR count). The number of rotatable bonds is 1. The van der Waals surface area contributed by atoms with Gasteiger partial charge in [-0.05, 0) is 25.0 Å². The second-order valence-electron chi connectivity index (χ2n) is 4.76. The number of carbonyl (C=O) groups excluding carboxylic acids is 2. The summed E-state index contributed by atoms with van der Waals surface area (Å²) in [4.78, 5) is 23.1. The van der Waals surface area contributed by atoms with Crippen molar-refractivity contribution in [2.75, 3.05) is 6.61 Å². The van der Waals surface area contributed by atoms with Crippen molar-refractivity contribution in [3.63, 3.8) is 0 Å². The molecule has 0 aliphatic carbocycles. The van der Waals surface area contributed by atoms with Gasteiger partial charge in [0.1, 0.15) is 12.0 Å². The SMILES string of the molecule is O=CC1CCCCCCOc2ccccc2C(=O)N1. The van der Waals surface area contributed by atoms with Crippen LogP contribution in [0.3, 0.4) is 0 Å². The summed E-state index contributed by atoms with van der Waals surface area (Å²) in [5, 5.41) is 2.75. The van der Waals surface area contributed by atoms with Gasteiger partial charge in [-0.25, -0.2) is 0 Å². The van der Waals surface area contributed by atoms with E-state index in [4.69, 9.17) is 4.74 Å². The van der Waals surface area contributed by atoms with Gasteiger partial charge < -0.3 is 14.8 Å². The Morgan fingerprint density at radius 1 is 1.16 bits per heavy atom. The fourth-order valence-electron chi connectivity index (χ4n) is 2.20. The van der Waals surface area contributed by atoms with Crippen molar-refractivity contribution in [2.24, 2.45) is 0 Å². The Bertz CT molecular complexity index is 445. The van der Waals surface area contributed by atoms with Gasteiger partial charge in [-0.15, -0.1) is 0 Å². The van der Waals surface area contributed by atoms with Crippen molar-refractivity contribution in [3.8, 4) is 5.75 Å². The lowest BCUT2D eigenvalue weighted by Crippen LogP contribution is -2.36. The number of ether oxygens (including phenoxy) is 1. The van der Waals surface area contributed by atoms with Crippen molar-refractivity contribution in [1.29, 1.82) is 0 Å². The third kappa shape index (κ3) is 3.81. The Hall–Kier alpha value is -1.84. The number of aldehydes is 1. The molecule has 1 aromatic carbocycles. The Labute approximate surface area is 113 Å². The van der Waals surface area contributed by atoms with E-state index in [9.17, 15) is 9.59 Å². The maximum absolute atomic E-state index is 12.1. The predicted octanol–water partition coefficient (Wildman–Crippen LogP) is 2.33. The van der Waals surface area contributed by atoms with Crippen molar-refractivity contribution < 1.29 is 14.3 Å². The van der Waals surface area contributed by atoms with Crippen LogP contribution in [0.15, 0.2) is 24.3 Å². The third-order valence-corrected chi connectivity index (χ3v) is 3.28. The number of carbonyl (C=O) groups is 2. The first-order valence-corrected chi connectivity index (χ1v) is 6.79. The standard InChI is InChI=1S/C15H19NO3/c17-11-12-7-3-1-2-6-10-19-14-9-5-4-8-13(14)15(18)16-12/h4-5,8-9,11-12H,1-3,6-7,10H2,(H,16,18). The summed E-state index contributed by atoms with van der Waals surface area (Å²) in [6.07, 6.45) is 5.59. The zero-order chi connectivity index (χ0) is 13.5. The maximum Gasteiger partial charge on any atom is 0.255 e. The zero-order valence-electron chi connectivity index (χ0n) is 10.9. The van der Waals surface area contributed by atoms with Crippen molar-refractivity contribution in [2.45, 2.75) is 38.1 Å². The number of nitrogens with one attached hydrogen (secondary N) is 1. The minimum Gasteiger partial charge on any atom is -0.493 e. The molecule has 0 saturated carbocycles. The molecule has 0 bridgehead atoms. The second-order valence-corrected chi connectivity index (χ2v) is 4.76. The van der Waals surface area contributed by atoms with E-state index in [0.29, 0.717) is 24.3 Å². The lowest BCUT2D eigenvalue weighted by atomic mass is 10.1. The summed E-state index contributed by atoms with van der Waals surface area (Å²) in [6.45, 7) is 0.626. The van der Waals surface area contributed by atoms with E-state index in [2.05, 4.69) is 5.32 Å². The van der Waals surface area contributed by atoms with E-state index in [1.54, 1.807) is 18.2 Å². The van der Waals surface area contributed by atoms with E-state index < -0.39 is 6.04 Å². The quantitative estimate of drug-likeness (QED) is 0.789. The summed E-state index contributed by atoms with van der Waals surface area (Å²) in [5.74, 6) is 0.346. The molecule has 1 unspecified atom stereocenters. The molecule has 102 valence electrons. The molecule has 1 aliphatic rings. The van der Waals surface area contributed by atoms with Gasteiger partial charge in [-0.3, -0.25) is 4.79 Å². The molecule has 0 fully saturated rings. The van der Waals surface area contributed by atoms with Crippen LogP contribution in [0.2, 0.25) is 0 Å². The number of hydrogen-bond acceptors (Lipinski definition) is 3. The van der Waals surface area contributed by atoms with E-state index >= 15 is 0 Å². The van der Waals surface area contributed by atoms with Crippen LogP contribution in [-0.4, -0.2) is 24.8 Å². The van der Waals surface area contributed by atoms with Crippen LogP contribution in [0.1, 0.15) is 42.5 Å². The number of benzene rings is 1. The van der Waals surface area contributed by atoms with Crippen LogP contribution >= 0.6 is 0 Å². The molecular weight excluding hydrogens is 242 g/mol. The maximum atomic E-state index is 12.1. The molecule has 0 radical (unpaired) electrons. The number of hydrogen-bond donors (Lipinski definition) is 1. The highest BCUT2D eigenvalue weighted by Gasteiger charge is 2.17. The van der Waals surface area contributed by atoms with E-state index in [1.165, 1.54) is 0 Å². The molecule has 1 aliphatic heterocycles. The Balaban J connectivity index is 2.19. The molecule has 0 spiro atoms. The van der Waals surface area contributed by atoms with Crippen LogP contribution in [0.5, 0.6) is 5.75 Å². The van der Waals surface area contributed by atoms with Gasteiger partial charge >= 0.3 is 0 Å². The Kier molecular flexibility index (Phi) is 4.95. The van der Waals surface area contributed by atoms with Gasteiger partial charge in [0, 0.05) is 0 Å². The highest BCUT2D eigenvalue weighted by molar-refractivity contribution is 5.98. The normalized spacial score (nSPS) is 21.1. The first-order chi connectivity index (χ1) is 9.31. The second kappa shape index (κ2) is 6.92. The first kappa shape index (κ1) is 13.6. The highest BCUT2D eigenvalue weighted by atomic mass is 16.5. The van der Waals surface area contributed by atoms with Crippen molar-refractivity contribution in [1.82, 2.24) is 5.32 Å². The third-order valence-electron chi connectivity index (χ3n) is 3.28. The van der Waals surface area contributed by atoms with Crippen LogP contribution in [-0.2, 0) is 4.79 Å². The fourth-order valence-corrected chi connectivity index (χ4v) is 2.20. The van der Waals surface area contributed by atoms with E-state index in [0.717, 1.165) is 32.0 Å². The first-order valence-electron chi connectivity index (χ1n) is 6.79. The van der Waals surface area contributed by atoms with Gasteiger partial charge in [0.15, 0.2) is 0 Å². The summed E-state index contributed by atoms with van der Waals surface area (Å²) in [6, 6.07) is 6.74. The van der Waals surface area contributed by atoms with Gasteiger partial charge in [0.2, 0.25) is 0 Å². The number of para-hydroxylation sites is 1. The fraction of sp³-hybridized carbons (Fsp3) is 0.467. The van der Waals surface area contributed by atoms with E-state index in [1.807, 2.05) is 6.07 Å². The van der Waals surface area contributed by atoms with Gasteiger partial charge in [-0.1, -0.05) is 31.4 Å². The monoisotopic (exact) mass is 261 g/mol. The summed E-state index contributed by atoms with van der Waals surface area (Å²) >= 11 is 0. The number of fused-ring (bicyclic) bond motifs is 1. The highest BCUT2D eigenvalue weighted by Crippen LogP contribution is 2.19. The summed E-state index contributed by atoms with van der Waals surface area (Å²) in [5.41, 5.74) is 0.495. The largest absolute Gasteiger partial charge is 0.493 e. The molecule has 0 aromatic heterocycles. The minimum atomic E-state index is -0.403. The molecule has 1 heterocycles. The van der Waals surface area contributed by atoms with Crippen molar-refractivity contribution >= 4 is 12.2 Å². The topological polar surface area (TPSA) is 55.4 Å². The number of amides is 1. The molecule has 4 nitrogen and oxygen atoms in total. The smallest absolute Gasteiger partial charge is 0.255 e. The van der Waals surface area contributed by atoms with Crippen LogP contribution in [0, 0.1) is 0 Å². The van der Waals surface area contributed by atoms with Gasteiger partial charge in [-0.2, -0.15) is 0 Å². The molecule has 1 amide bonds. The zero-order valence-corrected chi connectivity index (χ0v) is 10.9. The Morgan fingerprint density at radius 2 is 1.95 bits per heavy atom. The van der Waals surface area contributed by atoms with Gasteiger partial charge in [0.05, 0.1) is 18.2 Å². The molecule has 19 heavy (non-hydrogen) atoms. The summed E-state index contributed by atoms with van der Waals surface area (Å²) < 4.78 is 5.65. The van der Waals surface area contributed by atoms with Gasteiger partial charge in [0.25, 0.3) is 5.91 Å². The molecule has 0 saturated heterocycles. The summed E-state index contributed by atoms with van der Waals surface area (Å²) in [7, 11) is 0. The minimum absolute atomic E-state index is 0.242. The van der Waals surface area contributed by atoms with Crippen molar-refractivity contribution in [3.05, 3.63) is 29.8 Å². The molecule has 1 N–H and O–H groups in total. The lowest BCUT2D eigenvalue weighted by Gasteiger charge is -2.16. The molecule has 4 heteroatoms. The average Bonchev–Trinajstić information content (AvgIpc) is 2.43. The molecule has 1 atom stereocenters. The van der Waals surface area contributed by atoms with E-state index in [-0.39, 0.29) is 5.91 Å². The van der Waals surface area contributed by atoms with Crippen LogP contribution in [0.25, 0.3) is 0 Å². The van der Waals surface area contributed by atoms with Crippen LogP contribution in [0.4, 0.5) is 0 Å². The Morgan fingerprint density at radius 3 is 2.79 bits per heavy atom. The lowest BCUT2D eigenvalue weighted by molar-refractivity contribution is -0.109. The molecule has 1 aromatic rings. The average molecular weight is 261 g/mol. The molecular formula is C15H19NO3.